The molecule has 0 unspecified atom stereocenters. The van der Waals surface area contributed by atoms with E-state index in [9.17, 15) is 4.79 Å². The quantitative estimate of drug-likeness (QED) is 0.514. The van der Waals surface area contributed by atoms with Crippen molar-refractivity contribution in [1.82, 2.24) is 9.97 Å². The number of esters is 1. The number of imidazole rings is 1. The summed E-state index contributed by atoms with van der Waals surface area (Å²) in [6.07, 6.45) is 0. The van der Waals surface area contributed by atoms with Gasteiger partial charge < -0.3 is 14.6 Å². The maximum absolute atomic E-state index is 12.1. The van der Waals surface area contributed by atoms with Crippen molar-refractivity contribution in [2.75, 3.05) is 12.0 Å². The SMILES string of the molecule is COC(=O)c1cccc2c1CN(c1nc3cc(-c4ccccc4)c(C)cc3[nH]1)C2. The van der Waals surface area contributed by atoms with E-state index in [1.807, 2.05) is 18.2 Å². The first-order valence-electron chi connectivity index (χ1n) is 9.64. The lowest BCUT2D eigenvalue weighted by Gasteiger charge is -2.13. The summed E-state index contributed by atoms with van der Waals surface area (Å²) in [5, 5.41) is 0. The molecule has 3 aromatic carbocycles. The van der Waals surface area contributed by atoms with Crippen molar-refractivity contribution in [2.24, 2.45) is 0 Å². The second-order valence-electron chi connectivity index (χ2n) is 7.40. The fourth-order valence-corrected chi connectivity index (χ4v) is 4.10. The van der Waals surface area contributed by atoms with Crippen molar-refractivity contribution in [1.29, 1.82) is 0 Å². The van der Waals surface area contributed by atoms with Crippen molar-refractivity contribution >= 4 is 23.0 Å². The summed E-state index contributed by atoms with van der Waals surface area (Å²) in [5.74, 6) is 0.521. The van der Waals surface area contributed by atoms with E-state index in [0.717, 1.165) is 28.1 Å². The molecule has 1 aliphatic heterocycles. The average molecular weight is 383 g/mol. The number of rotatable bonds is 3. The van der Waals surface area contributed by atoms with E-state index in [1.54, 1.807) is 0 Å². The Balaban J connectivity index is 1.51. The summed E-state index contributed by atoms with van der Waals surface area (Å²) in [6, 6.07) is 20.4. The number of aromatic amines is 1. The molecule has 1 aromatic heterocycles. The third-order valence-electron chi connectivity index (χ3n) is 5.59. The van der Waals surface area contributed by atoms with Crippen LogP contribution in [0.25, 0.3) is 22.2 Å². The number of hydrogen-bond donors (Lipinski definition) is 1. The van der Waals surface area contributed by atoms with Crippen LogP contribution in [0.15, 0.2) is 60.7 Å². The summed E-state index contributed by atoms with van der Waals surface area (Å²) < 4.78 is 4.94. The van der Waals surface area contributed by atoms with Crippen molar-refractivity contribution in [2.45, 2.75) is 20.0 Å². The zero-order chi connectivity index (χ0) is 20.0. The zero-order valence-corrected chi connectivity index (χ0v) is 16.4. The second kappa shape index (κ2) is 6.78. The Labute approximate surface area is 169 Å². The van der Waals surface area contributed by atoms with Gasteiger partial charge in [0.1, 0.15) is 0 Å². The van der Waals surface area contributed by atoms with Crippen molar-refractivity contribution < 1.29 is 9.53 Å². The first kappa shape index (κ1) is 17.5. The molecule has 5 rings (SSSR count). The van der Waals surface area contributed by atoms with Gasteiger partial charge in [-0.3, -0.25) is 0 Å². The highest BCUT2D eigenvalue weighted by Gasteiger charge is 2.26. The molecule has 2 heterocycles. The number of fused-ring (bicyclic) bond motifs is 2. The van der Waals surface area contributed by atoms with Crippen LogP contribution in [0.4, 0.5) is 5.95 Å². The molecular weight excluding hydrogens is 362 g/mol. The van der Waals surface area contributed by atoms with Crippen LogP contribution >= 0.6 is 0 Å². The monoisotopic (exact) mass is 383 g/mol. The molecule has 5 heteroatoms. The number of carbonyl (C=O) groups excluding carboxylic acids is 1. The molecule has 0 fully saturated rings. The Morgan fingerprint density at radius 3 is 2.69 bits per heavy atom. The lowest BCUT2D eigenvalue weighted by molar-refractivity contribution is 0.0599. The van der Waals surface area contributed by atoms with Crippen LogP contribution in [0.3, 0.4) is 0 Å². The van der Waals surface area contributed by atoms with E-state index < -0.39 is 0 Å². The summed E-state index contributed by atoms with van der Waals surface area (Å²) in [6.45, 7) is 3.46. The van der Waals surface area contributed by atoms with Gasteiger partial charge in [-0.05, 0) is 52.9 Å². The molecule has 1 N–H and O–H groups in total. The van der Waals surface area contributed by atoms with Gasteiger partial charge in [-0.2, -0.15) is 0 Å². The minimum absolute atomic E-state index is 0.295. The van der Waals surface area contributed by atoms with E-state index in [4.69, 9.17) is 9.72 Å². The predicted octanol–water partition coefficient (Wildman–Crippen LogP) is 4.85. The van der Waals surface area contributed by atoms with Gasteiger partial charge in [0.25, 0.3) is 0 Å². The second-order valence-corrected chi connectivity index (χ2v) is 7.40. The van der Waals surface area contributed by atoms with Gasteiger partial charge in [-0.25, -0.2) is 9.78 Å². The number of ether oxygens (including phenoxy) is 1. The number of nitrogens with one attached hydrogen (secondary N) is 1. The van der Waals surface area contributed by atoms with E-state index in [0.29, 0.717) is 18.7 Å². The molecule has 0 radical (unpaired) electrons. The van der Waals surface area contributed by atoms with Crippen molar-refractivity contribution in [3.63, 3.8) is 0 Å². The molecule has 5 nitrogen and oxygen atoms in total. The highest BCUT2D eigenvalue weighted by Crippen LogP contribution is 2.32. The van der Waals surface area contributed by atoms with Crippen LogP contribution in [-0.2, 0) is 17.8 Å². The van der Waals surface area contributed by atoms with Crippen LogP contribution in [-0.4, -0.2) is 23.0 Å². The Morgan fingerprint density at radius 2 is 1.90 bits per heavy atom. The molecule has 0 bridgehead atoms. The van der Waals surface area contributed by atoms with Crippen LogP contribution in [0.5, 0.6) is 0 Å². The highest BCUT2D eigenvalue weighted by atomic mass is 16.5. The molecule has 29 heavy (non-hydrogen) atoms. The zero-order valence-electron chi connectivity index (χ0n) is 16.4. The number of anilines is 1. The van der Waals surface area contributed by atoms with Gasteiger partial charge in [0.2, 0.25) is 5.95 Å². The van der Waals surface area contributed by atoms with Gasteiger partial charge in [0, 0.05) is 13.1 Å². The van der Waals surface area contributed by atoms with Gasteiger partial charge >= 0.3 is 5.97 Å². The largest absolute Gasteiger partial charge is 0.465 e. The summed E-state index contributed by atoms with van der Waals surface area (Å²) in [4.78, 5) is 22.6. The first-order valence-corrected chi connectivity index (χ1v) is 9.64. The predicted molar refractivity (Wildman–Crippen MR) is 114 cm³/mol. The Hall–Kier alpha value is -3.60. The fourth-order valence-electron chi connectivity index (χ4n) is 4.10. The number of methoxy groups -OCH3 is 1. The minimum atomic E-state index is -0.295. The van der Waals surface area contributed by atoms with Crippen molar-refractivity contribution in [3.05, 3.63) is 82.9 Å². The number of H-pyrrole nitrogens is 1. The van der Waals surface area contributed by atoms with Gasteiger partial charge in [0.15, 0.2) is 0 Å². The molecule has 0 atom stereocenters. The molecule has 0 amide bonds. The fraction of sp³-hybridized carbons (Fsp3) is 0.167. The third-order valence-corrected chi connectivity index (χ3v) is 5.59. The smallest absolute Gasteiger partial charge is 0.338 e. The first-order chi connectivity index (χ1) is 14.1. The Morgan fingerprint density at radius 1 is 1.07 bits per heavy atom. The lowest BCUT2D eigenvalue weighted by Crippen LogP contribution is -2.16. The Kier molecular flexibility index (Phi) is 4.09. The number of carbonyl (C=O) groups is 1. The number of hydrogen-bond acceptors (Lipinski definition) is 4. The van der Waals surface area contributed by atoms with Crippen LogP contribution in [0.2, 0.25) is 0 Å². The third kappa shape index (κ3) is 2.95. The normalized spacial score (nSPS) is 13.0. The van der Waals surface area contributed by atoms with Crippen LogP contribution in [0, 0.1) is 6.92 Å². The van der Waals surface area contributed by atoms with E-state index in [2.05, 4.69) is 59.3 Å². The summed E-state index contributed by atoms with van der Waals surface area (Å²) >= 11 is 0. The van der Waals surface area contributed by atoms with E-state index in [1.165, 1.54) is 23.8 Å². The van der Waals surface area contributed by atoms with Gasteiger partial charge in [-0.15, -0.1) is 0 Å². The number of benzene rings is 3. The maximum Gasteiger partial charge on any atom is 0.338 e. The molecule has 0 saturated heterocycles. The molecule has 0 spiro atoms. The summed E-state index contributed by atoms with van der Waals surface area (Å²) in [5.41, 5.74) is 8.31. The molecule has 0 aliphatic carbocycles. The number of nitrogens with zero attached hydrogens (tertiary/aromatic N) is 2. The number of aryl methyl sites for hydroxylation is 1. The molecular formula is C24H21N3O2. The van der Waals surface area contributed by atoms with Crippen molar-refractivity contribution in [3.8, 4) is 11.1 Å². The standard InChI is InChI=1S/C24H21N3O2/c1-15-11-21-22(12-19(15)16-7-4-3-5-8-16)26-24(25-21)27-13-17-9-6-10-18(20(17)14-27)23(28)29-2/h3-12H,13-14H2,1-2H3,(H,25,26). The van der Waals surface area contributed by atoms with E-state index in [-0.39, 0.29) is 5.97 Å². The van der Waals surface area contributed by atoms with Gasteiger partial charge in [0.05, 0.1) is 23.7 Å². The van der Waals surface area contributed by atoms with E-state index >= 15 is 0 Å². The van der Waals surface area contributed by atoms with Gasteiger partial charge in [-0.1, -0.05) is 42.5 Å². The highest BCUT2D eigenvalue weighted by molar-refractivity contribution is 5.92. The number of aromatic nitrogens is 2. The molecule has 4 aromatic rings. The van der Waals surface area contributed by atoms with Crippen LogP contribution < -0.4 is 4.90 Å². The van der Waals surface area contributed by atoms with Crippen LogP contribution in [0.1, 0.15) is 27.0 Å². The molecule has 144 valence electrons. The minimum Gasteiger partial charge on any atom is -0.465 e. The lowest BCUT2D eigenvalue weighted by atomic mass is 10.00. The summed E-state index contributed by atoms with van der Waals surface area (Å²) in [7, 11) is 1.42. The molecule has 1 aliphatic rings. The maximum atomic E-state index is 12.1. The molecule has 0 saturated carbocycles. The average Bonchev–Trinajstić information content (AvgIpc) is 3.36. The Bertz CT molecular complexity index is 1230. The topological polar surface area (TPSA) is 58.2 Å².